The van der Waals surface area contributed by atoms with E-state index in [4.69, 9.17) is 0 Å². The third-order valence-corrected chi connectivity index (χ3v) is 2.90. The molecule has 0 aliphatic heterocycles. The fourth-order valence-corrected chi connectivity index (χ4v) is 1.71. The smallest absolute Gasteiger partial charge is 0.252 e. The largest absolute Gasteiger partial charge is 0.508 e. The van der Waals surface area contributed by atoms with E-state index in [1.807, 2.05) is 13.1 Å². The monoisotopic (exact) mass is 245 g/mol. The fraction of sp³-hybridized carbons (Fsp3) is 0.231. The van der Waals surface area contributed by atoms with Crippen molar-refractivity contribution >= 4 is 5.91 Å². The van der Waals surface area contributed by atoms with Gasteiger partial charge >= 0.3 is 0 Å². The van der Waals surface area contributed by atoms with Gasteiger partial charge in [-0.3, -0.25) is 9.48 Å². The van der Waals surface area contributed by atoms with E-state index in [1.54, 1.807) is 36.0 Å². The summed E-state index contributed by atoms with van der Waals surface area (Å²) in [6.45, 7) is 2.12. The van der Waals surface area contributed by atoms with Gasteiger partial charge in [-0.2, -0.15) is 5.10 Å². The lowest BCUT2D eigenvalue weighted by Gasteiger charge is -2.08. The summed E-state index contributed by atoms with van der Waals surface area (Å²) in [6, 6.07) is 6.75. The Bertz CT molecular complexity index is 575. The van der Waals surface area contributed by atoms with Crippen LogP contribution in [0.15, 0.2) is 30.5 Å². The van der Waals surface area contributed by atoms with Crippen LogP contribution in [0.5, 0.6) is 5.75 Å². The molecule has 18 heavy (non-hydrogen) atoms. The Hall–Kier alpha value is -2.30. The van der Waals surface area contributed by atoms with Gasteiger partial charge in [-0.25, -0.2) is 0 Å². The van der Waals surface area contributed by atoms with E-state index in [0.29, 0.717) is 17.7 Å². The van der Waals surface area contributed by atoms with Gasteiger partial charge in [0.2, 0.25) is 0 Å². The number of benzene rings is 1. The third-order valence-electron chi connectivity index (χ3n) is 2.90. The average molecular weight is 245 g/mol. The van der Waals surface area contributed by atoms with E-state index in [9.17, 15) is 9.90 Å². The highest BCUT2D eigenvalue weighted by Crippen LogP contribution is 2.19. The average Bonchev–Trinajstić information content (AvgIpc) is 2.75. The number of amides is 1. The molecule has 1 amide bonds. The van der Waals surface area contributed by atoms with Crippen LogP contribution in [0, 0.1) is 6.92 Å². The minimum absolute atomic E-state index is 0.128. The summed E-state index contributed by atoms with van der Waals surface area (Å²) in [7, 11) is 1.82. The predicted octanol–water partition coefficient (Wildman–Crippen LogP) is 1.36. The molecule has 94 valence electrons. The zero-order valence-electron chi connectivity index (χ0n) is 10.3. The van der Waals surface area contributed by atoms with Crippen molar-refractivity contribution in [2.45, 2.75) is 13.5 Å². The number of phenolic OH excluding ortho intramolecular Hbond substituents is 1. The Morgan fingerprint density at radius 3 is 2.89 bits per heavy atom. The molecule has 0 aliphatic rings. The molecule has 0 aliphatic carbocycles. The maximum atomic E-state index is 12.0. The maximum absolute atomic E-state index is 12.0. The van der Waals surface area contributed by atoms with E-state index in [0.717, 1.165) is 5.69 Å². The zero-order valence-corrected chi connectivity index (χ0v) is 10.3. The second-order valence-electron chi connectivity index (χ2n) is 4.08. The van der Waals surface area contributed by atoms with Gasteiger partial charge in [-0.1, -0.05) is 6.07 Å². The molecule has 0 spiro atoms. The Kier molecular flexibility index (Phi) is 3.32. The summed E-state index contributed by atoms with van der Waals surface area (Å²) in [6.07, 6.45) is 1.68. The molecule has 5 nitrogen and oxygen atoms in total. The van der Waals surface area contributed by atoms with E-state index in [-0.39, 0.29) is 11.7 Å². The van der Waals surface area contributed by atoms with E-state index >= 15 is 0 Å². The minimum Gasteiger partial charge on any atom is -0.508 e. The van der Waals surface area contributed by atoms with Gasteiger partial charge in [0.1, 0.15) is 5.75 Å². The van der Waals surface area contributed by atoms with Gasteiger partial charge < -0.3 is 10.4 Å². The molecule has 2 aromatic rings. The normalized spacial score (nSPS) is 10.3. The molecule has 0 saturated heterocycles. The number of nitrogens with zero attached hydrogens (tertiary/aromatic N) is 2. The van der Waals surface area contributed by atoms with E-state index in [1.165, 1.54) is 0 Å². The van der Waals surface area contributed by atoms with Crippen molar-refractivity contribution in [3.05, 3.63) is 47.3 Å². The standard InChI is InChI=1S/C13H15N3O2/c1-9-11(4-3-5-12(9)17)13(18)14-8-10-6-7-15-16(10)2/h3-7,17H,8H2,1-2H3,(H,14,18). The van der Waals surface area contributed by atoms with Crippen molar-refractivity contribution in [3.63, 3.8) is 0 Å². The van der Waals surface area contributed by atoms with Crippen molar-refractivity contribution in [1.82, 2.24) is 15.1 Å². The number of hydrogen-bond donors (Lipinski definition) is 2. The van der Waals surface area contributed by atoms with Gasteiger partial charge in [0, 0.05) is 24.4 Å². The number of rotatable bonds is 3. The Balaban J connectivity index is 2.09. The first-order valence-electron chi connectivity index (χ1n) is 5.63. The molecular weight excluding hydrogens is 230 g/mol. The van der Waals surface area contributed by atoms with Gasteiger partial charge in [0.25, 0.3) is 5.91 Å². The molecule has 1 heterocycles. The topological polar surface area (TPSA) is 67.2 Å². The zero-order chi connectivity index (χ0) is 13.1. The van der Waals surface area contributed by atoms with Crippen LogP contribution in [-0.2, 0) is 13.6 Å². The number of aromatic nitrogens is 2. The molecule has 2 rings (SSSR count). The van der Waals surface area contributed by atoms with E-state index in [2.05, 4.69) is 10.4 Å². The van der Waals surface area contributed by atoms with E-state index < -0.39 is 0 Å². The maximum Gasteiger partial charge on any atom is 0.252 e. The number of hydrogen-bond acceptors (Lipinski definition) is 3. The molecule has 0 saturated carbocycles. The highest BCUT2D eigenvalue weighted by molar-refractivity contribution is 5.96. The molecule has 2 N–H and O–H groups in total. The lowest BCUT2D eigenvalue weighted by Crippen LogP contribution is -2.24. The molecule has 1 aromatic carbocycles. The summed E-state index contributed by atoms with van der Waals surface area (Å²) in [5, 5.41) is 16.4. The van der Waals surface area contributed by atoms with Crippen LogP contribution >= 0.6 is 0 Å². The number of carbonyl (C=O) groups is 1. The van der Waals surface area contributed by atoms with Crippen LogP contribution in [0.25, 0.3) is 0 Å². The summed E-state index contributed by atoms with van der Waals surface area (Å²) in [4.78, 5) is 12.0. The summed E-state index contributed by atoms with van der Waals surface area (Å²) in [5.41, 5.74) is 1.98. The highest BCUT2D eigenvalue weighted by atomic mass is 16.3. The number of aromatic hydroxyl groups is 1. The molecule has 5 heteroatoms. The van der Waals surface area contributed by atoms with Crippen molar-refractivity contribution in [3.8, 4) is 5.75 Å². The summed E-state index contributed by atoms with van der Waals surface area (Å²) < 4.78 is 1.70. The molecule has 0 unspecified atom stereocenters. The first-order chi connectivity index (χ1) is 8.59. The molecule has 0 bridgehead atoms. The number of aryl methyl sites for hydroxylation is 1. The first kappa shape index (κ1) is 12.2. The predicted molar refractivity (Wildman–Crippen MR) is 67.2 cm³/mol. The third kappa shape index (κ3) is 2.34. The van der Waals surface area contributed by atoms with Crippen LogP contribution in [0.3, 0.4) is 0 Å². The van der Waals surface area contributed by atoms with Crippen LogP contribution in [0.4, 0.5) is 0 Å². The fourth-order valence-electron chi connectivity index (χ4n) is 1.71. The van der Waals surface area contributed by atoms with Crippen molar-refractivity contribution in [1.29, 1.82) is 0 Å². The van der Waals surface area contributed by atoms with Crippen LogP contribution in [0.1, 0.15) is 21.6 Å². The van der Waals surface area contributed by atoms with Crippen LogP contribution in [-0.4, -0.2) is 20.8 Å². The Labute approximate surface area is 105 Å². The molecule has 0 radical (unpaired) electrons. The number of carbonyl (C=O) groups excluding carboxylic acids is 1. The molecular formula is C13H15N3O2. The highest BCUT2D eigenvalue weighted by Gasteiger charge is 2.11. The van der Waals surface area contributed by atoms with Crippen LogP contribution in [0.2, 0.25) is 0 Å². The minimum atomic E-state index is -0.204. The Morgan fingerprint density at radius 1 is 1.44 bits per heavy atom. The van der Waals surface area contributed by atoms with Gasteiger partial charge in [-0.05, 0) is 25.1 Å². The quantitative estimate of drug-likeness (QED) is 0.858. The van der Waals surface area contributed by atoms with Crippen LogP contribution < -0.4 is 5.32 Å². The van der Waals surface area contributed by atoms with Crippen molar-refractivity contribution in [2.75, 3.05) is 0 Å². The first-order valence-corrected chi connectivity index (χ1v) is 5.63. The lowest BCUT2D eigenvalue weighted by molar-refractivity contribution is 0.0949. The molecule has 1 aromatic heterocycles. The van der Waals surface area contributed by atoms with Gasteiger partial charge in [0.15, 0.2) is 0 Å². The second-order valence-corrected chi connectivity index (χ2v) is 4.08. The van der Waals surface area contributed by atoms with Crippen molar-refractivity contribution < 1.29 is 9.90 Å². The summed E-state index contributed by atoms with van der Waals surface area (Å²) >= 11 is 0. The number of phenols is 1. The Morgan fingerprint density at radius 2 is 2.22 bits per heavy atom. The van der Waals surface area contributed by atoms with Gasteiger partial charge in [0.05, 0.1) is 12.2 Å². The lowest BCUT2D eigenvalue weighted by atomic mass is 10.1. The van der Waals surface area contributed by atoms with Crippen molar-refractivity contribution in [2.24, 2.45) is 7.05 Å². The number of nitrogens with one attached hydrogen (secondary N) is 1. The molecule has 0 atom stereocenters. The SMILES string of the molecule is Cc1c(O)cccc1C(=O)NCc1ccnn1C. The van der Waals surface area contributed by atoms with Gasteiger partial charge in [-0.15, -0.1) is 0 Å². The molecule has 0 fully saturated rings. The summed E-state index contributed by atoms with van der Waals surface area (Å²) in [5.74, 6) is -0.0761. The second kappa shape index (κ2) is 4.91.